The molecule has 3 aromatic rings. The molecule has 0 aliphatic carbocycles. The Labute approximate surface area is 162 Å². The summed E-state index contributed by atoms with van der Waals surface area (Å²) in [6, 6.07) is 10.3. The number of anilines is 1. The van der Waals surface area contributed by atoms with E-state index in [-0.39, 0.29) is 12.5 Å². The van der Waals surface area contributed by atoms with Gasteiger partial charge in [-0.2, -0.15) is 0 Å². The van der Waals surface area contributed by atoms with Crippen LogP contribution in [0.15, 0.2) is 36.7 Å². The number of aryl methyl sites for hydroxylation is 1. The first-order chi connectivity index (χ1) is 13.2. The largest absolute Gasteiger partial charge is 0.395 e. The summed E-state index contributed by atoms with van der Waals surface area (Å²) in [5.41, 5.74) is 2.15. The molecule has 2 N–H and O–H groups in total. The molecule has 6 nitrogen and oxygen atoms in total. The molecule has 2 aromatic heterocycles. The third-order valence-electron chi connectivity index (χ3n) is 4.51. The van der Waals surface area contributed by atoms with E-state index in [0.29, 0.717) is 18.0 Å². The minimum Gasteiger partial charge on any atom is -0.395 e. The number of likely N-dealkylation sites (N-methyl/N-ethyl adjacent to an activating group) is 1. The molecular formula is C20H24N4O2S. The van der Waals surface area contributed by atoms with Crippen LogP contribution in [0.1, 0.15) is 27.7 Å². The molecule has 3 rings (SSSR count). The predicted molar refractivity (Wildman–Crippen MR) is 109 cm³/mol. The average molecular weight is 385 g/mol. The van der Waals surface area contributed by atoms with Crippen molar-refractivity contribution in [2.24, 2.45) is 0 Å². The molecule has 0 fully saturated rings. The molecule has 2 heterocycles. The summed E-state index contributed by atoms with van der Waals surface area (Å²) in [6.07, 6.45) is 2.42. The number of thiophene rings is 1. The van der Waals surface area contributed by atoms with Gasteiger partial charge in [-0.1, -0.05) is 30.3 Å². The number of amides is 1. The Kier molecular flexibility index (Phi) is 6.36. The van der Waals surface area contributed by atoms with E-state index in [1.807, 2.05) is 32.0 Å². The normalized spacial score (nSPS) is 10.9. The fourth-order valence-corrected chi connectivity index (χ4v) is 4.16. The maximum atomic E-state index is 12.8. The standard InChI is InChI=1S/C20H24N4O2S/c1-3-24(11-12-25)20(26)17-14(2)16-18(22-13-23-19(16)27-17)21-10-9-15-7-5-4-6-8-15/h4-8,13,25H,3,9-12H2,1-2H3,(H,21,22,23). The molecule has 0 saturated heterocycles. The Morgan fingerprint density at radius 3 is 2.74 bits per heavy atom. The highest BCUT2D eigenvalue weighted by Crippen LogP contribution is 2.34. The molecule has 1 amide bonds. The summed E-state index contributed by atoms with van der Waals surface area (Å²) in [7, 11) is 0. The van der Waals surface area contributed by atoms with Crippen LogP contribution in [-0.2, 0) is 6.42 Å². The van der Waals surface area contributed by atoms with Gasteiger partial charge in [-0.25, -0.2) is 9.97 Å². The number of aromatic nitrogens is 2. The Hall–Kier alpha value is -2.51. The zero-order valence-electron chi connectivity index (χ0n) is 15.6. The lowest BCUT2D eigenvalue weighted by molar-refractivity contribution is 0.0736. The van der Waals surface area contributed by atoms with Crippen LogP contribution in [0.25, 0.3) is 10.2 Å². The minimum atomic E-state index is -0.0673. The van der Waals surface area contributed by atoms with Crippen LogP contribution < -0.4 is 5.32 Å². The van der Waals surface area contributed by atoms with Gasteiger partial charge in [-0.3, -0.25) is 4.79 Å². The summed E-state index contributed by atoms with van der Waals surface area (Å²) in [5.74, 6) is 0.691. The monoisotopic (exact) mass is 384 g/mol. The van der Waals surface area contributed by atoms with Crippen molar-refractivity contribution in [3.05, 3.63) is 52.7 Å². The Bertz CT molecular complexity index is 911. The lowest BCUT2D eigenvalue weighted by atomic mass is 10.1. The Morgan fingerprint density at radius 1 is 1.26 bits per heavy atom. The summed E-state index contributed by atoms with van der Waals surface area (Å²) in [5, 5.41) is 13.5. The fourth-order valence-electron chi connectivity index (χ4n) is 3.05. The van der Waals surface area contributed by atoms with Gasteiger partial charge in [0.15, 0.2) is 0 Å². The van der Waals surface area contributed by atoms with Crippen LogP contribution in [0, 0.1) is 6.92 Å². The van der Waals surface area contributed by atoms with E-state index in [2.05, 4.69) is 27.4 Å². The first-order valence-corrected chi connectivity index (χ1v) is 9.89. The van der Waals surface area contributed by atoms with Crippen molar-refractivity contribution in [3.8, 4) is 0 Å². The van der Waals surface area contributed by atoms with Crippen LogP contribution in [0.3, 0.4) is 0 Å². The van der Waals surface area contributed by atoms with Crippen molar-refractivity contribution in [2.75, 3.05) is 31.6 Å². The number of carbonyl (C=O) groups is 1. The van der Waals surface area contributed by atoms with Gasteiger partial charge in [0.2, 0.25) is 0 Å². The van der Waals surface area contributed by atoms with E-state index >= 15 is 0 Å². The van der Waals surface area contributed by atoms with Crippen LogP contribution in [0.2, 0.25) is 0 Å². The lowest BCUT2D eigenvalue weighted by Crippen LogP contribution is -2.33. The number of aliphatic hydroxyl groups is 1. The highest BCUT2D eigenvalue weighted by Gasteiger charge is 2.22. The highest BCUT2D eigenvalue weighted by molar-refractivity contribution is 7.20. The van der Waals surface area contributed by atoms with E-state index in [0.717, 1.165) is 34.6 Å². The molecule has 1 aromatic carbocycles. The Morgan fingerprint density at radius 2 is 2.04 bits per heavy atom. The summed E-state index contributed by atoms with van der Waals surface area (Å²) in [6.45, 7) is 5.44. The zero-order valence-corrected chi connectivity index (χ0v) is 16.4. The second-order valence-corrected chi connectivity index (χ2v) is 7.23. The maximum Gasteiger partial charge on any atom is 0.264 e. The van der Waals surface area contributed by atoms with Crippen molar-refractivity contribution in [3.63, 3.8) is 0 Å². The average Bonchev–Trinajstić information content (AvgIpc) is 3.04. The van der Waals surface area contributed by atoms with Gasteiger partial charge in [-0.15, -0.1) is 11.3 Å². The van der Waals surface area contributed by atoms with Gasteiger partial charge in [-0.05, 0) is 31.4 Å². The van der Waals surface area contributed by atoms with Crippen LogP contribution in [0.4, 0.5) is 5.82 Å². The van der Waals surface area contributed by atoms with Crippen molar-refractivity contribution in [1.82, 2.24) is 14.9 Å². The van der Waals surface area contributed by atoms with Gasteiger partial charge in [0, 0.05) is 19.6 Å². The maximum absolute atomic E-state index is 12.8. The molecule has 0 atom stereocenters. The second kappa shape index (κ2) is 8.92. The number of hydrogen-bond acceptors (Lipinski definition) is 6. The Balaban J connectivity index is 1.83. The number of rotatable bonds is 8. The number of carbonyl (C=O) groups excluding carboxylic acids is 1. The zero-order chi connectivity index (χ0) is 19.2. The van der Waals surface area contributed by atoms with E-state index in [1.54, 1.807) is 4.90 Å². The van der Waals surface area contributed by atoms with E-state index in [1.165, 1.54) is 23.2 Å². The molecule has 0 aliphatic heterocycles. The molecule has 0 unspecified atom stereocenters. The van der Waals surface area contributed by atoms with Crippen LogP contribution in [0.5, 0.6) is 0 Å². The summed E-state index contributed by atoms with van der Waals surface area (Å²) >= 11 is 1.38. The smallest absolute Gasteiger partial charge is 0.264 e. The number of benzene rings is 1. The first-order valence-electron chi connectivity index (χ1n) is 9.07. The first kappa shape index (κ1) is 19.3. The number of aliphatic hydroxyl groups excluding tert-OH is 1. The van der Waals surface area contributed by atoms with Crippen molar-refractivity contribution < 1.29 is 9.90 Å². The third kappa shape index (κ3) is 4.26. The highest BCUT2D eigenvalue weighted by atomic mass is 32.1. The molecule has 0 bridgehead atoms. The van der Waals surface area contributed by atoms with E-state index in [9.17, 15) is 9.90 Å². The topological polar surface area (TPSA) is 78.3 Å². The fraction of sp³-hybridized carbons (Fsp3) is 0.350. The second-order valence-electron chi connectivity index (χ2n) is 6.23. The molecule has 142 valence electrons. The van der Waals surface area contributed by atoms with Crippen LogP contribution in [-0.4, -0.2) is 52.1 Å². The van der Waals surface area contributed by atoms with Gasteiger partial charge in [0.25, 0.3) is 5.91 Å². The SMILES string of the molecule is CCN(CCO)C(=O)c1sc2ncnc(NCCc3ccccc3)c2c1C. The van der Waals surface area contributed by atoms with Gasteiger partial charge >= 0.3 is 0 Å². The molecular weight excluding hydrogens is 360 g/mol. The molecule has 0 spiro atoms. The molecule has 0 aliphatic rings. The van der Waals surface area contributed by atoms with Gasteiger partial charge < -0.3 is 15.3 Å². The molecule has 0 saturated carbocycles. The van der Waals surface area contributed by atoms with E-state index < -0.39 is 0 Å². The number of nitrogens with one attached hydrogen (secondary N) is 1. The van der Waals surface area contributed by atoms with E-state index in [4.69, 9.17) is 0 Å². The quantitative estimate of drug-likeness (QED) is 0.624. The molecule has 27 heavy (non-hydrogen) atoms. The lowest BCUT2D eigenvalue weighted by Gasteiger charge is -2.19. The van der Waals surface area contributed by atoms with Crippen molar-refractivity contribution in [1.29, 1.82) is 0 Å². The van der Waals surface area contributed by atoms with Crippen molar-refractivity contribution in [2.45, 2.75) is 20.3 Å². The van der Waals surface area contributed by atoms with Crippen molar-refractivity contribution >= 4 is 33.3 Å². The number of nitrogens with zero attached hydrogens (tertiary/aromatic N) is 3. The predicted octanol–water partition coefficient (Wildman–Crippen LogP) is 3.11. The molecule has 7 heteroatoms. The van der Waals surface area contributed by atoms with Gasteiger partial charge in [0.1, 0.15) is 17.0 Å². The van der Waals surface area contributed by atoms with Crippen LogP contribution >= 0.6 is 11.3 Å². The minimum absolute atomic E-state index is 0.0460. The third-order valence-corrected chi connectivity index (χ3v) is 5.70. The van der Waals surface area contributed by atoms with Gasteiger partial charge in [0.05, 0.1) is 16.9 Å². The summed E-state index contributed by atoms with van der Waals surface area (Å²) < 4.78 is 0. The summed E-state index contributed by atoms with van der Waals surface area (Å²) in [4.78, 5) is 24.7. The number of fused-ring (bicyclic) bond motifs is 1. The number of hydrogen-bond donors (Lipinski definition) is 2. The molecule has 0 radical (unpaired) electrons.